The molecule has 1 aromatic carbocycles. The van der Waals surface area contributed by atoms with Crippen LogP contribution in [0.5, 0.6) is 5.19 Å². The number of hydrogen-bond donors (Lipinski definition) is 2. The zero-order chi connectivity index (χ0) is 19.9. The first-order valence-electron chi connectivity index (χ1n) is 8.83. The van der Waals surface area contributed by atoms with Gasteiger partial charge < -0.3 is 15.0 Å². The molecule has 0 radical (unpaired) electrons. The molecule has 2 aromatic heterocycles. The third kappa shape index (κ3) is 3.99. The number of hydrogen-bond acceptors (Lipinski definition) is 4. The van der Waals surface area contributed by atoms with Gasteiger partial charge in [-0.25, -0.2) is 4.98 Å². The van der Waals surface area contributed by atoms with Crippen molar-refractivity contribution in [1.82, 2.24) is 15.3 Å². The standard InChI is InChI=1S/C19H18F3N3O2S/c1-10(16-8-24-18(28-16)27-9-19(20,21)22)25-17(26)13-6-12(13)14-7-23-15-5-3-2-4-11(14)15/h2-5,7-8,10,12-13,23H,6,9H2,1H3,(H,25,26)/t10-,12?,13?/m1/s1. The average Bonchev–Trinajstić information content (AvgIpc) is 3.11. The number of carbonyl (C=O) groups excluding carboxylic acids is 1. The Labute approximate surface area is 162 Å². The Morgan fingerprint density at radius 1 is 1.43 bits per heavy atom. The van der Waals surface area contributed by atoms with E-state index in [0.717, 1.165) is 34.2 Å². The molecule has 1 fully saturated rings. The van der Waals surface area contributed by atoms with E-state index in [0.29, 0.717) is 4.88 Å². The number of benzene rings is 1. The van der Waals surface area contributed by atoms with Gasteiger partial charge in [0.15, 0.2) is 6.61 Å². The number of nitrogens with zero attached hydrogens (tertiary/aromatic N) is 1. The van der Waals surface area contributed by atoms with E-state index in [4.69, 9.17) is 0 Å². The quantitative estimate of drug-likeness (QED) is 0.628. The van der Waals surface area contributed by atoms with Gasteiger partial charge >= 0.3 is 6.18 Å². The smallest absolute Gasteiger partial charge is 0.422 e. The SMILES string of the molecule is C[C@@H](NC(=O)C1CC1c1c[nH]c2ccccc12)c1cnc(OCC(F)(F)F)s1. The highest BCUT2D eigenvalue weighted by Crippen LogP contribution is 2.49. The second kappa shape index (κ2) is 7.12. The number of fused-ring (bicyclic) bond motifs is 1. The average molecular weight is 409 g/mol. The van der Waals surface area contributed by atoms with Crippen molar-refractivity contribution in [1.29, 1.82) is 0 Å². The van der Waals surface area contributed by atoms with E-state index < -0.39 is 12.8 Å². The maximum absolute atomic E-state index is 12.6. The molecule has 1 aliphatic rings. The molecule has 1 amide bonds. The first-order valence-corrected chi connectivity index (χ1v) is 9.65. The molecule has 0 bridgehead atoms. The topological polar surface area (TPSA) is 67.0 Å². The molecule has 3 aromatic rings. The van der Waals surface area contributed by atoms with Crippen LogP contribution in [0.3, 0.4) is 0 Å². The molecule has 9 heteroatoms. The lowest BCUT2D eigenvalue weighted by atomic mass is 10.1. The Morgan fingerprint density at radius 3 is 3.00 bits per heavy atom. The first-order chi connectivity index (χ1) is 13.3. The molecule has 0 spiro atoms. The van der Waals surface area contributed by atoms with E-state index in [9.17, 15) is 18.0 Å². The minimum absolute atomic E-state index is 0.0588. The van der Waals surface area contributed by atoms with Gasteiger partial charge in [0.2, 0.25) is 5.91 Å². The molecular formula is C19H18F3N3O2S. The van der Waals surface area contributed by atoms with E-state index >= 15 is 0 Å². The highest BCUT2D eigenvalue weighted by molar-refractivity contribution is 7.13. The van der Waals surface area contributed by atoms with Crippen LogP contribution in [0.4, 0.5) is 13.2 Å². The number of H-pyrrole nitrogens is 1. The van der Waals surface area contributed by atoms with Crippen LogP contribution in [-0.4, -0.2) is 28.7 Å². The van der Waals surface area contributed by atoms with Crippen molar-refractivity contribution in [3.05, 3.63) is 47.1 Å². The number of rotatable bonds is 6. The summed E-state index contributed by atoms with van der Waals surface area (Å²) in [7, 11) is 0. The number of amides is 1. The Morgan fingerprint density at radius 2 is 2.21 bits per heavy atom. The van der Waals surface area contributed by atoms with Crippen molar-refractivity contribution in [3.63, 3.8) is 0 Å². The number of aromatic nitrogens is 2. The fourth-order valence-corrected chi connectivity index (χ4v) is 4.07. The van der Waals surface area contributed by atoms with E-state index in [1.54, 1.807) is 6.92 Å². The second-order valence-electron chi connectivity index (χ2n) is 6.90. The summed E-state index contributed by atoms with van der Waals surface area (Å²) in [6, 6.07) is 7.62. The van der Waals surface area contributed by atoms with Crippen LogP contribution < -0.4 is 10.1 Å². The molecule has 5 nitrogen and oxygen atoms in total. The van der Waals surface area contributed by atoms with Crippen molar-refractivity contribution in [2.45, 2.75) is 31.5 Å². The summed E-state index contributed by atoms with van der Waals surface area (Å²) >= 11 is 1.00. The highest BCUT2D eigenvalue weighted by atomic mass is 32.1. The zero-order valence-electron chi connectivity index (χ0n) is 14.9. The lowest BCUT2D eigenvalue weighted by Crippen LogP contribution is -2.27. The summed E-state index contributed by atoms with van der Waals surface area (Å²) in [6.07, 6.45) is -0.233. The summed E-state index contributed by atoms with van der Waals surface area (Å²) in [5, 5.41) is 4.00. The highest BCUT2D eigenvalue weighted by Gasteiger charge is 2.45. The normalized spacial score (nSPS) is 20.1. The second-order valence-corrected chi connectivity index (χ2v) is 7.93. The number of carbonyl (C=O) groups is 1. The fraction of sp³-hybridized carbons (Fsp3) is 0.368. The van der Waals surface area contributed by atoms with Crippen molar-refractivity contribution in [2.24, 2.45) is 5.92 Å². The van der Waals surface area contributed by atoms with Gasteiger partial charge in [0.25, 0.3) is 5.19 Å². The Kier molecular flexibility index (Phi) is 4.78. The first kappa shape index (κ1) is 18.8. The number of halogens is 3. The van der Waals surface area contributed by atoms with Gasteiger partial charge in [0, 0.05) is 29.2 Å². The van der Waals surface area contributed by atoms with Gasteiger partial charge in [-0.3, -0.25) is 4.79 Å². The van der Waals surface area contributed by atoms with E-state index in [-0.39, 0.29) is 29.0 Å². The number of para-hydroxylation sites is 1. The predicted octanol–water partition coefficient (Wildman–Crippen LogP) is 4.55. The molecular weight excluding hydrogens is 391 g/mol. The van der Waals surface area contributed by atoms with Gasteiger partial charge in [0.1, 0.15) is 0 Å². The molecule has 1 saturated carbocycles. The summed E-state index contributed by atoms with van der Waals surface area (Å²) in [4.78, 5) is 20.3. The van der Waals surface area contributed by atoms with E-state index in [2.05, 4.69) is 20.0 Å². The molecule has 2 heterocycles. The van der Waals surface area contributed by atoms with E-state index in [1.807, 2.05) is 30.5 Å². The third-order valence-corrected chi connectivity index (χ3v) is 5.89. The zero-order valence-corrected chi connectivity index (χ0v) is 15.7. The van der Waals surface area contributed by atoms with Crippen LogP contribution in [0.2, 0.25) is 0 Å². The van der Waals surface area contributed by atoms with Crippen molar-refractivity contribution in [2.75, 3.05) is 6.61 Å². The minimum atomic E-state index is -4.41. The maximum Gasteiger partial charge on any atom is 0.422 e. The number of thiazole rings is 1. The number of nitrogens with one attached hydrogen (secondary N) is 2. The molecule has 28 heavy (non-hydrogen) atoms. The number of ether oxygens (including phenoxy) is 1. The fourth-order valence-electron chi connectivity index (χ4n) is 3.30. The summed E-state index contributed by atoms with van der Waals surface area (Å²) in [6.45, 7) is 0.400. The summed E-state index contributed by atoms with van der Waals surface area (Å²) in [5.41, 5.74) is 2.19. The van der Waals surface area contributed by atoms with Crippen LogP contribution >= 0.6 is 11.3 Å². The summed E-state index contributed by atoms with van der Waals surface area (Å²) in [5.74, 6) is 0.0139. The molecule has 4 rings (SSSR count). The number of aromatic amines is 1. The van der Waals surface area contributed by atoms with Crippen LogP contribution in [0, 0.1) is 5.92 Å². The van der Waals surface area contributed by atoms with Gasteiger partial charge in [-0.1, -0.05) is 29.5 Å². The van der Waals surface area contributed by atoms with Crippen molar-refractivity contribution < 1.29 is 22.7 Å². The van der Waals surface area contributed by atoms with E-state index in [1.165, 1.54) is 6.20 Å². The van der Waals surface area contributed by atoms with Crippen LogP contribution in [0.1, 0.15) is 35.7 Å². The third-order valence-electron chi connectivity index (χ3n) is 4.80. The molecule has 148 valence electrons. The minimum Gasteiger partial charge on any atom is -0.460 e. The van der Waals surface area contributed by atoms with Crippen LogP contribution in [0.25, 0.3) is 10.9 Å². The predicted molar refractivity (Wildman–Crippen MR) is 99.4 cm³/mol. The van der Waals surface area contributed by atoms with Gasteiger partial charge in [-0.15, -0.1) is 0 Å². The largest absolute Gasteiger partial charge is 0.460 e. The molecule has 0 aliphatic heterocycles. The van der Waals surface area contributed by atoms with Crippen molar-refractivity contribution in [3.8, 4) is 5.19 Å². The lowest BCUT2D eigenvalue weighted by Gasteiger charge is -2.11. The Bertz CT molecular complexity index is 998. The van der Waals surface area contributed by atoms with Crippen LogP contribution in [-0.2, 0) is 4.79 Å². The molecule has 2 unspecified atom stereocenters. The maximum atomic E-state index is 12.6. The Balaban J connectivity index is 1.35. The molecule has 1 aliphatic carbocycles. The van der Waals surface area contributed by atoms with Gasteiger partial charge in [-0.05, 0) is 30.9 Å². The van der Waals surface area contributed by atoms with Gasteiger partial charge in [-0.2, -0.15) is 13.2 Å². The lowest BCUT2D eigenvalue weighted by molar-refractivity contribution is -0.153. The monoisotopic (exact) mass is 409 g/mol. The Hall–Kier alpha value is -2.55. The summed E-state index contributed by atoms with van der Waals surface area (Å²) < 4.78 is 41.3. The van der Waals surface area contributed by atoms with Gasteiger partial charge in [0.05, 0.1) is 10.9 Å². The number of alkyl halides is 3. The molecule has 2 N–H and O–H groups in total. The molecule has 0 saturated heterocycles. The molecule has 3 atom stereocenters. The van der Waals surface area contributed by atoms with Crippen LogP contribution in [0.15, 0.2) is 36.7 Å². The van der Waals surface area contributed by atoms with Crippen molar-refractivity contribution >= 4 is 28.1 Å².